The molecular formula is C6H7NO2S3. The van der Waals surface area contributed by atoms with Crippen molar-refractivity contribution in [2.45, 2.75) is 12.2 Å². The maximum absolute atomic E-state index is 11.2. The van der Waals surface area contributed by atoms with Crippen molar-refractivity contribution < 1.29 is 8.42 Å². The Bertz CT molecular complexity index is 453. The van der Waals surface area contributed by atoms with Crippen molar-refractivity contribution in [1.29, 1.82) is 0 Å². The molecule has 0 spiro atoms. The minimum atomic E-state index is -2.84. The lowest BCUT2D eigenvalue weighted by molar-refractivity contribution is 0.591. The van der Waals surface area contributed by atoms with Gasteiger partial charge >= 0.3 is 0 Å². The Balaban J connectivity index is 2.54. The van der Waals surface area contributed by atoms with Crippen molar-refractivity contribution in [1.82, 2.24) is 4.98 Å². The average Bonchev–Trinajstić information content (AvgIpc) is 2.26. The molecule has 0 bridgehead atoms. The van der Waals surface area contributed by atoms with E-state index in [1.54, 1.807) is 0 Å². The number of hydrogen-bond donors (Lipinski definition) is 1. The molecule has 0 saturated heterocycles. The van der Waals surface area contributed by atoms with Gasteiger partial charge in [0, 0.05) is 17.0 Å². The predicted octanol–water partition coefficient (Wildman–Crippen LogP) is 1.28. The fourth-order valence-corrected chi connectivity index (χ4v) is 4.35. The lowest BCUT2D eigenvalue weighted by atomic mass is 10.3. The molecule has 6 heteroatoms. The molecule has 0 aliphatic carbocycles. The summed E-state index contributed by atoms with van der Waals surface area (Å²) in [5.74, 6) is 0.419. The summed E-state index contributed by atoms with van der Waals surface area (Å²) < 4.78 is 23.0. The van der Waals surface area contributed by atoms with Gasteiger partial charge in [-0.15, -0.1) is 11.3 Å². The maximum atomic E-state index is 11.2. The Kier molecular flexibility index (Phi) is 1.85. The van der Waals surface area contributed by atoms with E-state index >= 15 is 0 Å². The monoisotopic (exact) mass is 221 g/mol. The molecule has 1 aliphatic heterocycles. The van der Waals surface area contributed by atoms with Gasteiger partial charge in [0.15, 0.2) is 13.8 Å². The molecule has 0 fully saturated rings. The fraction of sp³-hybridized carbons (Fsp3) is 0.500. The molecule has 0 atom stereocenters. The van der Waals surface area contributed by atoms with Crippen molar-refractivity contribution in [2.24, 2.45) is 0 Å². The summed E-state index contributed by atoms with van der Waals surface area (Å²) in [6.45, 7) is 0. The third kappa shape index (κ3) is 1.46. The largest absolute Gasteiger partial charge is 0.341 e. The van der Waals surface area contributed by atoms with Gasteiger partial charge in [-0.2, -0.15) is 0 Å². The Morgan fingerprint density at radius 2 is 2.25 bits per heavy atom. The van der Waals surface area contributed by atoms with Gasteiger partial charge in [-0.25, -0.2) is 8.42 Å². The molecule has 1 N–H and O–H groups in total. The minimum Gasteiger partial charge on any atom is -0.341 e. The minimum absolute atomic E-state index is 0.167. The zero-order valence-electron chi connectivity index (χ0n) is 6.16. The highest BCUT2D eigenvalue weighted by Gasteiger charge is 2.22. The van der Waals surface area contributed by atoms with Crippen LogP contribution in [0.2, 0.25) is 0 Å². The van der Waals surface area contributed by atoms with E-state index in [9.17, 15) is 8.42 Å². The summed E-state index contributed by atoms with van der Waals surface area (Å²) >= 11 is 6.30. The highest BCUT2D eigenvalue weighted by atomic mass is 32.2. The lowest BCUT2D eigenvalue weighted by Crippen LogP contribution is -2.17. The standard InChI is InChI=1S/C6H7NO2S3/c8-12(9)2-1-4-5(3-12)11-6(10)7-4/h1-3H2,(H,7,10). The van der Waals surface area contributed by atoms with Crippen molar-refractivity contribution in [3.63, 3.8) is 0 Å². The van der Waals surface area contributed by atoms with E-state index < -0.39 is 9.84 Å². The Morgan fingerprint density at radius 3 is 3.00 bits per heavy atom. The van der Waals surface area contributed by atoms with Crippen molar-refractivity contribution in [2.75, 3.05) is 5.75 Å². The van der Waals surface area contributed by atoms with E-state index in [1.165, 1.54) is 11.3 Å². The zero-order valence-corrected chi connectivity index (χ0v) is 8.61. The topological polar surface area (TPSA) is 49.9 Å². The number of hydrogen-bond acceptors (Lipinski definition) is 4. The second-order valence-corrected chi connectivity index (χ2v) is 6.71. The maximum Gasteiger partial charge on any atom is 0.158 e. The Labute approximate surface area is 79.4 Å². The summed E-state index contributed by atoms with van der Waals surface area (Å²) in [6, 6.07) is 0. The van der Waals surface area contributed by atoms with Gasteiger partial charge in [-0.05, 0) is 12.2 Å². The van der Waals surface area contributed by atoms with Crippen LogP contribution in [0.5, 0.6) is 0 Å². The van der Waals surface area contributed by atoms with Crippen LogP contribution in [0.4, 0.5) is 0 Å². The summed E-state index contributed by atoms with van der Waals surface area (Å²) in [7, 11) is -2.84. The van der Waals surface area contributed by atoms with Gasteiger partial charge in [-0.1, -0.05) is 0 Å². The Hall–Kier alpha value is -0.200. The lowest BCUT2D eigenvalue weighted by Gasteiger charge is -2.09. The number of H-pyrrole nitrogens is 1. The van der Waals surface area contributed by atoms with Gasteiger partial charge < -0.3 is 4.98 Å². The molecule has 2 rings (SSSR count). The first kappa shape index (κ1) is 8.40. The Morgan fingerprint density at radius 1 is 1.50 bits per heavy atom. The summed E-state index contributed by atoms with van der Waals surface area (Å²) in [5.41, 5.74) is 1.01. The summed E-state index contributed by atoms with van der Waals surface area (Å²) in [6.07, 6.45) is 0.588. The number of thiazole rings is 1. The molecule has 1 aromatic rings. The third-order valence-corrected chi connectivity index (χ3v) is 4.83. The summed E-state index contributed by atoms with van der Waals surface area (Å²) in [4.78, 5) is 3.90. The number of rotatable bonds is 0. The SMILES string of the molecule is O=S1(=O)CCc2[nH]c(=S)sc2C1. The van der Waals surface area contributed by atoms with Crippen LogP contribution in [0.3, 0.4) is 0 Å². The molecule has 0 unspecified atom stereocenters. The zero-order chi connectivity index (χ0) is 8.77. The number of sulfone groups is 1. The molecule has 3 nitrogen and oxygen atoms in total. The molecule has 1 aromatic heterocycles. The second-order valence-electron chi connectivity index (χ2n) is 2.76. The fourth-order valence-electron chi connectivity index (χ4n) is 1.24. The number of fused-ring (bicyclic) bond motifs is 1. The molecule has 1 aliphatic rings. The van der Waals surface area contributed by atoms with Crippen LogP contribution in [0.15, 0.2) is 0 Å². The first-order valence-electron chi connectivity index (χ1n) is 3.48. The quantitative estimate of drug-likeness (QED) is 0.671. The predicted molar refractivity (Wildman–Crippen MR) is 50.7 cm³/mol. The smallest absolute Gasteiger partial charge is 0.158 e. The molecule has 66 valence electrons. The first-order chi connectivity index (χ1) is 5.57. The van der Waals surface area contributed by atoms with E-state index in [0.717, 1.165) is 10.6 Å². The molecule has 0 amide bonds. The van der Waals surface area contributed by atoms with Crippen molar-refractivity contribution in [3.8, 4) is 0 Å². The van der Waals surface area contributed by atoms with Gasteiger partial charge in [0.2, 0.25) is 0 Å². The normalized spacial score (nSPS) is 20.3. The average molecular weight is 221 g/mol. The number of aromatic amines is 1. The number of aromatic nitrogens is 1. The van der Waals surface area contributed by atoms with Crippen LogP contribution in [0.25, 0.3) is 0 Å². The van der Waals surface area contributed by atoms with Gasteiger partial charge in [0.25, 0.3) is 0 Å². The van der Waals surface area contributed by atoms with E-state index in [1.807, 2.05) is 0 Å². The van der Waals surface area contributed by atoms with E-state index in [0.29, 0.717) is 10.4 Å². The summed E-state index contributed by atoms with van der Waals surface area (Å²) in [5, 5.41) is 0. The second kappa shape index (κ2) is 2.65. The molecule has 2 heterocycles. The molecule has 0 aromatic carbocycles. The van der Waals surface area contributed by atoms with Crippen molar-refractivity contribution >= 4 is 33.4 Å². The molecule has 0 saturated carbocycles. The van der Waals surface area contributed by atoms with Crippen molar-refractivity contribution in [3.05, 3.63) is 14.5 Å². The molecular weight excluding hydrogens is 214 g/mol. The van der Waals surface area contributed by atoms with Crippen LogP contribution >= 0.6 is 23.6 Å². The van der Waals surface area contributed by atoms with Crippen LogP contribution in [-0.4, -0.2) is 19.2 Å². The van der Waals surface area contributed by atoms with E-state index in [4.69, 9.17) is 12.2 Å². The van der Waals surface area contributed by atoms with Crippen LogP contribution < -0.4 is 0 Å². The van der Waals surface area contributed by atoms with Gasteiger partial charge in [-0.3, -0.25) is 0 Å². The van der Waals surface area contributed by atoms with Gasteiger partial charge in [0.1, 0.15) is 0 Å². The molecule has 12 heavy (non-hydrogen) atoms. The highest BCUT2D eigenvalue weighted by molar-refractivity contribution is 7.90. The van der Waals surface area contributed by atoms with E-state index in [2.05, 4.69) is 4.98 Å². The van der Waals surface area contributed by atoms with Crippen LogP contribution in [0, 0.1) is 3.95 Å². The van der Waals surface area contributed by atoms with E-state index in [-0.39, 0.29) is 11.5 Å². The van der Waals surface area contributed by atoms with Crippen LogP contribution in [-0.2, 0) is 22.0 Å². The van der Waals surface area contributed by atoms with Crippen LogP contribution in [0.1, 0.15) is 10.6 Å². The highest BCUT2D eigenvalue weighted by Crippen LogP contribution is 2.24. The first-order valence-corrected chi connectivity index (χ1v) is 6.53. The van der Waals surface area contributed by atoms with Gasteiger partial charge in [0.05, 0.1) is 11.5 Å². The third-order valence-electron chi connectivity index (χ3n) is 1.82. The number of nitrogens with one attached hydrogen (secondary N) is 1. The molecule has 0 radical (unpaired) electrons. The number of aryl methyl sites for hydroxylation is 1.